The molecule has 0 bridgehead atoms. The van der Waals surface area contributed by atoms with Crippen molar-refractivity contribution in [3.63, 3.8) is 0 Å². The second kappa shape index (κ2) is 11.0. The number of hydrogen-bond donors (Lipinski definition) is 1. The zero-order valence-corrected chi connectivity index (χ0v) is 22.1. The van der Waals surface area contributed by atoms with Gasteiger partial charge in [0, 0.05) is 17.5 Å². The van der Waals surface area contributed by atoms with Gasteiger partial charge >= 0.3 is 0 Å². The zero-order valence-electron chi connectivity index (χ0n) is 22.1. The molecule has 1 unspecified atom stereocenters. The number of pyridine rings is 1. The predicted octanol–water partition coefficient (Wildman–Crippen LogP) is 4.93. The van der Waals surface area contributed by atoms with E-state index in [1.165, 1.54) is 0 Å². The van der Waals surface area contributed by atoms with Crippen LogP contribution < -0.4 is 10.3 Å². The van der Waals surface area contributed by atoms with Crippen molar-refractivity contribution >= 4 is 10.9 Å². The topological polar surface area (TPSA) is 102 Å². The number of tetrazole rings is 1. The number of fused-ring (bicyclic) bond motifs is 1. The van der Waals surface area contributed by atoms with Crippen LogP contribution in [0.1, 0.15) is 53.2 Å². The molecule has 0 saturated heterocycles. The van der Waals surface area contributed by atoms with Crippen molar-refractivity contribution < 1.29 is 9.15 Å². The monoisotopic (exact) mass is 512 g/mol. The fourth-order valence-corrected chi connectivity index (χ4v) is 4.90. The van der Waals surface area contributed by atoms with Crippen LogP contribution in [0, 0.1) is 13.8 Å². The molecule has 0 fully saturated rings. The van der Waals surface area contributed by atoms with Crippen molar-refractivity contribution in [1.29, 1.82) is 0 Å². The number of aromatic nitrogens is 5. The third-order valence-corrected chi connectivity index (χ3v) is 7.01. The molecule has 9 nitrogen and oxygen atoms in total. The van der Waals surface area contributed by atoms with E-state index in [9.17, 15) is 4.79 Å². The zero-order chi connectivity index (χ0) is 26.6. The molecular formula is C29H32N6O3. The van der Waals surface area contributed by atoms with Crippen LogP contribution in [0.2, 0.25) is 0 Å². The molecule has 0 amide bonds. The number of rotatable bonds is 10. The number of aromatic amines is 1. The molecule has 0 aliphatic carbocycles. The Morgan fingerprint density at radius 2 is 1.87 bits per heavy atom. The van der Waals surface area contributed by atoms with Gasteiger partial charge < -0.3 is 14.1 Å². The van der Waals surface area contributed by atoms with E-state index < -0.39 is 0 Å². The number of H-pyrrole nitrogens is 1. The first-order chi connectivity index (χ1) is 18.5. The van der Waals surface area contributed by atoms with E-state index in [-0.39, 0.29) is 11.6 Å². The summed E-state index contributed by atoms with van der Waals surface area (Å²) in [5.74, 6) is 2.34. The van der Waals surface area contributed by atoms with Crippen molar-refractivity contribution in [2.24, 2.45) is 0 Å². The average Bonchev–Trinajstić information content (AvgIpc) is 3.60. The van der Waals surface area contributed by atoms with Crippen molar-refractivity contribution in [3.05, 3.63) is 105 Å². The molecule has 5 rings (SSSR count). The fourth-order valence-electron chi connectivity index (χ4n) is 4.90. The number of aryl methyl sites for hydroxylation is 2. The first kappa shape index (κ1) is 25.4. The second-order valence-electron chi connectivity index (χ2n) is 9.56. The molecule has 196 valence electrons. The number of hydrogen-bond acceptors (Lipinski definition) is 7. The number of nitrogens with zero attached hydrogens (tertiary/aromatic N) is 5. The van der Waals surface area contributed by atoms with Gasteiger partial charge in [0.05, 0.1) is 38.0 Å². The fraction of sp³-hybridized carbons (Fsp3) is 0.310. The molecule has 1 N–H and O–H groups in total. The molecule has 3 aromatic heterocycles. The molecule has 0 aliphatic rings. The lowest BCUT2D eigenvalue weighted by atomic mass is 10.0. The van der Waals surface area contributed by atoms with Crippen LogP contribution in [-0.4, -0.2) is 37.2 Å². The van der Waals surface area contributed by atoms with E-state index in [2.05, 4.69) is 45.3 Å². The highest BCUT2D eigenvalue weighted by molar-refractivity contribution is 5.85. The molecule has 9 heteroatoms. The molecule has 5 aromatic rings. The van der Waals surface area contributed by atoms with Gasteiger partial charge in [0.2, 0.25) is 0 Å². The van der Waals surface area contributed by atoms with E-state index in [0.717, 1.165) is 51.3 Å². The SMILES string of the molecule is CCC(c1nnnn1Cc1ccc(OC)cc1)N(Cc1ccco1)Cc1cc2c(C)ccc(C)c2[nH]c1=O. The van der Waals surface area contributed by atoms with E-state index in [1.807, 2.05) is 60.1 Å². The lowest BCUT2D eigenvalue weighted by Gasteiger charge is -2.29. The number of benzene rings is 2. The lowest BCUT2D eigenvalue weighted by molar-refractivity contribution is 0.149. The van der Waals surface area contributed by atoms with Crippen LogP contribution >= 0.6 is 0 Å². The molecule has 2 aromatic carbocycles. The van der Waals surface area contributed by atoms with E-state index in [4.69, 9.17) is 9.15 Å². The molecule has 38 heavy (non-hydrogen) atoms. The number of nitrogens with one attached hydrogen (secondary N) is 1. The maximum Gasteiger partial charge on any atom is 0.252 e. The summed E-state index contributed by atoms with van der Waals surface area (Å²) in [7, 11) is 1.65. The molecule has 0 saturated carbocycles. The summed E-state index contributed by atoms with van der Waals surface area (Å²) in [6, 6.07) is 17.7. The largest absolute Gasteiger partial charge is 0.497 e. The first-order valence-electron chi connectivity index (χ1n) is 12.7. The molecule has 1 atom stereocenters. The Balaban J connectivity index is 1.50. The van der Waals surface area contributed by atoms with Crippen molar-refractivity contribution in [1.82, 2.24) is 30.1 Å². The summed E-state index contributed by atoms with van der Waals surface area (Å²) < 4.78 is 12.8. The van der Waals surface area contributed by atoms with E-state index >= 15 is 0 Å². The first-order valence-corrected chi connectivity index (χ1v) is 12.7. The maximum absolute atomic E-state index is 13.2. The van der Waals surface area contributed by atoms with Gasteiger partial charge in [-0.1, -0.05) is 31.2 Å². The van der Waals surface area contributed by atoms with Crippen LogP contribution in [0.15, 0.2) is 70.1 Å². The van der Waals surface area contributed by atoms with Gasteiger partial charge in [-0.05, 0) is 77.7 Å². The molecule has 0 radical (unpaired) electrons. The maximum atomic E-state index is 13.2. The van der Waals surface area contributed by atoms with Gasteiger partial charge in [-0.2, -0.15) is 0 Å². The smallest absolute Gasteiger partial charge is 0.252 e. The Labute approximate surface area is 221 Å². The molecule has 3 heterocycles. The molecular weight excluding hydrogens is 480 g/mol. The van der Waals surface area contributed by atoms with Gasteiger partial charge in [0.1, 0.15) is 11.5 Å². The highest BCUT2D eigenvalue weighted by atomic mass is 16.5. The normalized spacial score (nSPS) is 12.3. The van der Waals surface area contributed by atoms with Gasteiger partial charge in [-0.25, -0.2) is 4.68 Å². The minimum atomic E-state index is -0.151. The number of furan rings is 1. The van der Waals surface area contributed by atoms with Crippen LogP contribution in [0.25, 0.3) is 10.9 Å². The van der Waals surface area contributed by atoms with Crippen molar-refractivity contribution in [3.8, 4) is 5.75 Å². The third-order valence-electron chi connectivity index (χ3n) is 7.01. The van der Waals surface area contributed by atoms with Crippen molar-refractivity contribution in [2.45, 2.75) is 52.9 Å². The van der Waals surface area contributed by atoms with Gasteiger partial charge in [-0.15, -0.1) is 5.10 Å². The van der Waals surface area contributed by atoms with Gasteiger partial charge in [-0.3, -0.25) is 9.69 Å². The Kier molecular flexibility index (Phi) is 7.37. The van der Waals surface area contributed by atoms with Crippen LogP contribution in [0.4, 0.5) is 0 Å². The Morgan fingerprint density at radius 3 is 2.58 bits per heavy atom. The van der Waals surface area contributed by atoms with Crippen LogP contribution in [0.3, 0.4) is 0 Å². The summed E-state index contributed by atoms with van der Waals surface area (Å²) in [5.41, 5.74) is 4.70. The van der Waals surface area contributed by atoms with Crippen molar-refractivity contribution in [2.75, 3.05) is 7.11 Å². The lowest BCUT2D eigenvalue weighted by Crippen LogP contribution is -2.32. The van der Waals surface area contributed by atoms with Crippen LogP contribution in [-0.2, 0) is 19.6 Å². The molecule has 0 spiro atoms. The van der Waals surface area contributed by atoms with Crippen LogP contribution in [0.5, 0.6) is 5.75 Å². The van der Waals surface area contributed by atoms with E-state index in [1.54, 1.807) is 13.4 Å². The quantitative estimate of drug-likeness (QED) is 0.283. The number of methoxy groups -OCH3 is 1. The summed E-state index contributed by atoms with van der Waals surface area (Å²) in [5, 5.41) is 13.8. The minimum Gasteiger partial charge on any atom is -0.497 e. The highest BCUT2D eigenvalue weighted by Gasteiger charge is 2.27. The summed E-state index contributed by atoms with van der Waals surface area (Å²) in [4.78, 5) is 18.6. The number of ether oxygens (including phenoxy) is 1. The Hall–Kier alpha value is -4.24. The third kappa shape index (κ3) is 5.24. The summed E-state index contributed by atoms with van der Waals surface area (Å²) >= 11 is 0. The average molecular weight is 513 g/mol. The van der Waals surface area contributed by atoms with Gasteiger partial charge in [0.15, 0.2) is 5.82 Å². The Morgan fingerprint density at radius 1 is 1.08 bits per heavy atom. The summed E-state index contributed by atoms with van der Waals surface area (Å²) in [6.07, 6.45) is 2.41. The highest BCUT2D eigenvalue weighted by Crippen LogP contribution is 2.28. The summed E-state index contributed by atoms with van der Waals surface area (Å²) in [6.45, 7) is 7.61. The molecule has 0 aliphatic heterocycles. The van der Waals surface area contributed by atoms with E-state index in [0.29, 0.717) is 25.2 Å². The second-order valence-corrected chi connectivity index (χ2v) is 9.56. The predicted molar refractivity (Wildman–Crippen MR) is 145 cm³/mol. The Bertz CT molecular complexity index is 1570. The minimum absolute atomic E-state index is 0.0941. The standard InChI is InChI=1S/C29H32N6O3/c1-5-26(28-31-32-33-35(28)16-21-10-12-23(37-4)13-11-21)34(18-24-7-6-14-38-24)17-22-15-25-19(2)8-9-20(3)27(25)30-29(22)36/h6-15,26H,5,16-18H2,1-4H3,(H,30,36). The van der Waals surface area contributed by atoms with Gasteiger partial charge in [0.25, 0.3) is 5.56 Å².